The highest BCUT2D eigenvalue weighted by Crippen LogP contribution is 2.35. The lowest BCUT2D eigenvalue weighted by Crippen LogP contribution is -2.36. The summed E-state index contributed by atoms with van der Waals surface area (Å²) in [7, 11) is 0. The molecule has 2 aromatic heterocycles. The van der Waals surface area contributed by atoms with Crippen LogP contribution in [0.1, 0.15) is 26.3 Å². The van der Waals surface area contributed by atoms with Crippen LogP contribution < -0.4 is 25.8 Å². The Morgan fingerprint density at radius 1 is 1.09 bits per heavy atom. The van der Waals surface area contributed by atoms with Crippen molar-refractivity contribution in [2.24, 2.45) is 11.5 Å². The van der Waals surface area contributed by atoms with Gasteiger partial charge in [0, 0.05) is 37.3 Å². The number of aromatic nitrogens is 3. The summed E-state index contributed by atoms with van der Waals surface area (Å²) in [5.41, 5.74) is 14.7. The number of nitrogens with two attached hydrogens (primary N) is 2. The van der Waals surface area contributed by atoms with Crippen LogP contribution in [0.5, 0.6) is 11.5 Å². The molecule has 1 unspecified atom stereocenters. The number of aliphatic hydroxyl groups excluding tert-OH is 1. The molecule has 10 heteroatoms. The number of rotatable bonds is 11. The maximum atomic E-state index is 9.87. The summed E-state index contributed by atoms with van der Waals surface area (Å²) in [5.74, 6) is 1.23. The van der Waals surface area contributed by atoms with Crippen molar-refractivity contribution < 1.29 is 19.3 Å². The van der Waals surface area contributed by atoms with Crippen molar-refractivity contribution in [3.8, 4) is 22.8 Å². The van der Waals surface area contributed by atoms with Gasteiger partial charge in [-0.2, -0.15) is 5.10 Å². The number of fused-ring (bicyclic) bond motifs is 1. The number of hydrogen-bond acceptors (Lipinski definition) is 9. The third kappa shape index (κ3) is 6.02. The molecular formula is C25H36N6O4. The van der Waals surface area contributed by atoms with Gasteiger partial charge in [0.1, 0.15) is 24.2 Å². The predicted octanol–water partition coefficient (Wildman–Crippen LogP) is 1.94. The molecule has 5 N–H and O–H groups in total. The molecule has 35 heavy (non-hydrogen) atoms. The molecule has 0 spiro atoms. The number of anilines is 1. The molecular weight excluding hydrogens is 448 g/mol. The molecule has 0 radical (unpaired) electrons. The maximum Gasteiger partial charge on any atom is 0.160 e. The second kappa shape index (κ2) is 11.7. The van der Waals surface area contributed by atoms with Gasteiger partial charge in [-0.05, 0) is 45.0 Å². The number of ether oxygens (including phenoxy) is 3. The van der Waals surface area contributed by atoms with Crippen molar-refractivity contribution in [1.82, 2.24) is 14.8 Å². The number of pyridine rings is 1. The van der Waals surface area contributed by atoms with Crippen LogP contribution >= 0.6 is 0 Å². The molecule has 10 nitrogen and oxygen atoms in total. The number of aliphatic hydroxyl groups is 1. The van der Waals surface area contributed by atoms with Gasteiger partial charge in [-0.15, -0.1) is 0 Å². The SMILES string of the molecule is CC(C)n1ncc2c(N3CCOCC3)cc(-c3cc(OCCCN)cc(OCC(O)CN)c3)nc21. The standard InChI is InChI=1S/C25H36N6O4/c1-17(2)31-25-22(15-28-31)24(30-5-8-33-9-6-30)13-23(29-25)18-10-20(34-7-3-4-26)12-21(11-18)35-16-19(32)14-27/h10-13,15,17,19,32H,3-9,14,16,26-27H2,1-2H3. The van der Waals surface area contributed by atoms with Gasteiger partial charge in [0.2, 0.25) is 0 Å². The summed E-state index contributed by atoms with van der Waals surface area (Å²) in [5, 5.41) is 15.5. The van der Waals surface area contributed by atoms with Gasteiger partial charge in [0.15, 0.2) is 5.65 Å². The van der Waals surface area contributed by atoms with E-state index in [4.69, 9.17) is 30.7 Å². The monoisotopic (exact) mass is 484 g/mol. The Kier molecular flexibility index (Phi) is 8.40. The number of benzene rings is 1. The van der Waals surface area contributed by atoms with E-state index in [9.17, 15) is 5.11 Å². The molecule has 3 aromatic rings. The summed E-state index contributed by atoms with van der Waals surface area (Å²) < 4.78 is 19.3. The topological polar surface area (TPSA) is 134 Å². The van der Waals surface area contributed by atoms with Crippen LogP contribution in [0.3, 0.4) is 0 Å². The first-order chi connectivity index (χ1) is 17.0. The molecule has 1 aliphatic heterocycles. The number of morpholine rings is 1. The van der Waals surface area contributed by atoms with Gasteiger partial charge in [0.05, 0.1) is 42.8 Å². The van der Waals surface area contributed by atoms with Gasteiger partial charge in [-0.25, -0.2) is 9.67 Å². The van der Waals surface area contributed by atoms with E-state index in [1.807, 2.05) is 29.1 Å². The first kappa shape index (κ1) is 25.2. The molecule has 3 heterocycles. The average molecular weight is 485 g/mol. The van der Waals surface area contributed by atoms with E-state index >= 15 is 0 Å². The molecule has 0 saturated carbocycles. The van der Waals surface area contributed by atoms with E-state index in [0.717, 1.165) is 47.5 Å². The Bertz CT molecular complexity index is 1110. The Morgan fingerprint density at radius 2 is 1.83 bits per heavy atom. The summed E-state index contributed by atoms with van der Waals surface area (Å²) >= 11 is 0. The maximum absolute atomic E-state index is 9.87. The third-order valence-corrected chi connectivity index (χ3v) is 5.89. The van der Waals surface area contributed by atoms with Gasteiger partial charge in [-0.3, -0.25) is 0 Å². The van der Waals surface area contributed by atoms with Crippen molar-refractivity contribution in [2.45, 2.75) is 32.4 Å². The highest BCUT2D eigenvalue weighted by molar-refractivity contribution is 5.92. The van der Waals surface area contributed by atoms with Gasteiger partial charge >= 0.3 is 0 Å². The highest BCUT2D eigenvalue weighted by Gasteiger charge is 2.20. The zero-order valence-electron chi connectivity index (χ0n) is 20.5. The van der Waals surface area contributed by atoms with E-state index in [1.54, 1.807) is 0 Å². The zero-order chi connectivity index (χ0) is 24.8. The van der Waals surface area contributed by atoms with Crippen molar-refractivity contribution >= 4 is 16.7 Å². The first-order valence-corrected chi connectivity index (χ1v) is 12.2. The number of nitrogens with zero attached hydrogens (tertiary/aromatic N) is 4. The molecule has 4 rings (SSSR count). The molecule has 0 amide bonds. The molecule has 1 saturated heterocycles. The minimum absolute atomic E-state index is 0.0911. The Labute approximate surface area is 205 Å². The Balaban J connectivity index is 1.79. The van der Waals surface area contributed by atoms with E-state index in [-0.39, 0.29) is 19.2 Å². The van der Waals surface area contributed by atoms with Crippen LogP contribution in [0.4, 0.5) is 5.69 Å². The fourth-order valence-electron chi connectivity index (χ4n) is 4.01. The second-order valence-corrected chi connectivity index (χ2v) is 8.93. The number of hydrogen-bond donors (Lipinski definition) is 3. The minimum Gasteiger partial charge on any atom is -0.493 e. The van der Waals surface area contributed by atoms with Crippen LogP contribution in [0.25, 0.3) is 22.3 Å². The lowest BCUT2D eigenvalue weighted by Gasteiger charge is -2.29. The molecule has 1 aliphatic rings. The average Bonchev–Trinajstić information content (AvgIpc) is 3.32. The Morgan fingerprint density at radius 3 is 2.51 bits per heavy atom. The quantitative estimate of drug-likeness (QED) is 0.349. The largest absolute Gasteiger partial charge is 0.493 e. The fraction of sp³-hybridized carbons (Fsp3) is 0.520. The lowest BCUT2D eigenvalue weighted by atomic mass is 10.1. The van der Waals surface area contributed by atoms with Crippen LogP contribution in [-0.4, -0.2) is 78.6 Å². The summed E-state index contributed by atoms with van der Waals surface area (Å²) in [6.45, 7) is 8.42. The van der Waals surface area contributed by atoms with Crippen molar-refractivity contribution in [1.29, 1.82) is 0 Å². The molecule has 0 bridgehead atoms. The predicted molar refractivity (Wildman–Crippen MR) is 136 cm³/mol. The molecule has 1 fully saturated rings. The summed E-state index contributed by atoms with van der Waals surface area (Å²) in [4.78, 5) is 7.33. The molecule has 1 aromatic carbocycles. The zero-order valence-corrected chi connectivity index (χ0v) is 20.5. The van der Waals surface area contributed by atoms with Crippen molar-refractivity contribution in [3.63, 3.8) is 0 Å². The first-order valence-electron chi connectivity index (χ1n) is 12.2. The highest BCUT2D eigenvalue weighted by atomic mass is 16.5. The lowest BCUT2D eigenvalue weighted by molar-refractivity contribution is 0.114. The summed E-state index contributed by atoms with van der Waals surface area (Å²) in [6, 6.07) is 7.93. The second-order valence-electron chi connectivity index (χ2n) is 8.93. The van der Waals surface area contributed by atoms with Crippen LogP contribution in [0.15, 0.2) is 30.5 Å². The van der Waals surface area contributed by atoms with Crippen molar-refractivity contribution in [3.05, 3.63) is 30.5 Å². The van der Waals surface area contributed by atoms with Crippen molar-refractivity contribution in [2.75, 3.05) is 57.5 Å². The van der Waals surface area contributed by atoms with E-state index in [1.165, 1.54) is 0 Å². The van der Waals surface area contributed by atoms with E-state index in [2.05, 4.69) is 29.9 Å². The van der Waals surface area contributed by atoms with E-state index in [0.29, 0.717) is 37.9 Å². The van der Waals surface area contributed by atoms with Gasteiger partial charge < -0.3 is 35.7 Å². The van der Waals surface area contributed by atoms with Crippen LogP contribution in [0, 0.1) is 0 Å². The third-order valence-electron chi connectivity index (χ3n) is 5.89. The summed E-state index contributed by atoms with van der Waals surface area (Å²) in [6.07, 6.45) is 1.89. The smallest absolute Gasteiger partial charge is 0.160 e. The van der Waals surface area contributed by atoms with Gasteiger partial charge in [0.25, 0.3) is 0 Å². The Hall–Kier alpha value is -2.92. The fourth-order valence-corrected chi connectivity index (χ4v) is 4.01. The molecule has 190 valence electrons. The minimum atomic E-state index is -0.747. The van der Waals surface area contributed by atoms with Gasteiger partial charge in [-0.1, -0.05) is 0 Å². The normalized spacial score (nSPS) is 15.1. The van der Waals surface area contributed by atoms with Crippen LogP contribution in [-0.2, 0) is 4.74 Å². The van der Waals surface area contributed by atoms with E-state index < -0.39 is 6.10 Å². The molecule has 1 atom stereocenters. The molecule has 0 aliphatic carbocycles. The van der Waals surface area contributed by atoms with Crippen LogP contribution in [0.2, 0.25) is 0 Å².